The molecule has 1 aliphatic rings. The van der Waals surface area contributed by atoms with Gasteiger partial charge in [-0.25, -0.2) is 4.98 Å². The first-order valence-electron chi connectivity index (χ1n) is 11.2. The molecule has 1 N–H and O–H groups in total. The van der Waals surface area contributed by atoms with Crippen LogP contribution >= 0.6 is 11.3 Å². The number of rotatable bonds is 5. The summed E-state index contributed by atoms with van der Waals surface area (Å²) < 4.78 is 6.39. The third-order valence-corrected chi connectivity index (χ3v) is 6.88. The molecule has 1 atom stereocenters. The van der Waals surface area contributed by atoms with Crippen molar-refractivity contribution in [3.63, 3.8) is 0 Å². The maximum absolute atomic E-state index is 13.4. The van der Waals surface area contributed by atoms with E-state index in [4.69, 9.17) is 9.72 Å². The van der Waals surface area contributed by atoms with Gasteiger partial charge in [0.2, 0.25) is 0 Å². The number of aliphatic hydroxyl groups excluding tert-OH is 1. The van der Waals surface area contributed by atoms with Crippen LogP contribution in [0.25, 0.3) is 16.0 Å². The van der Waals surface area contributed by atoms with Gasteiger partial charge in [-0.3, -0.25) is 19.5 Å². The smallest absolute Gasteiger partial charge is 0.301 e. The van der Waals surface area contributed by atoms with E-state index in [0.29, 0.717) is 28.7 Å². The highest BCUT2D eigenvalue weighted by atomic mass is 32.1. The molecule has 1 fully saturated rings. The van der Waals surface area contributed by atoms with Gasteiger partial charge < -0.3 is 9.84 Å². The molecule has 1 saturated heterocycles. The van der Waals surface area contributed by atoms with Crippen molar-refractivity contribution in [2.75, 3.05) is 11.5 Å². The van der Waals surface area contributed by atoms with Gasteiger partial charge in [0.1, 0.15) is 17.6 Å². The number of hydrogen-bond donors (Lipinski definition) is 1. The lowest BCUT2D eigenvalue weighted by Crippen LogP contribution is -2.29. The second-order valence-electron chi connectivity index (χ2n) is 8.31. The van der Waals surface area contributed by atoms with Gasteiger partial charge in [0, 0.05) is 11.8 Å². The molecule has 1 amide bonds. The lowest BCUT2D eigenvalue weighted by atomic mass is 9.98. The first-order chi connectivity index (χ1) is 16.9. The summed E-state index contributed by atoms with van der Waals surface area (Å²) in [4.78, 5) is 37.2. The van der Waals surface area contributed by atoms with E-state index >= 15 is 0 Å². The zero-order chi connectivity index (χ0) is 24.7. The van der Waals surface area contributed by atoms with Crippen molar-refractivity contribution in [1.82, 2.24) is 9.97 Å². The third kappa shape index (κ3) is 3.95. The van der Waals surface area contributed by atoms with Gasteiger partial charge >= 0.3 is 5.91 Å². The number of pyridine rings is 1. The molecule has 4 aromatic rings. The number of aromatic nitrogens is 2. The van der Waals surface area contributed by atoms with Crippen LogP contribution in [-0.4, -0.2) is 33.4 Å². The summed E-state index contributed by atoms with van der Waals surface area (Å²) >= 11 is 1.34. The molecule has 2 aromatic heterocycles. The molecule has 3 heterocycles. The van der Waals surface area contributed by atoms with Crippen LogP contribution in [-0.2, 0) is 9.59 Å². The summed E-state index contributed by atoms with van der Waals surface area (Å²) in [5, 5.41) is 11.6. The van der Waals surface area contributed by atoms with E-state index in [-0.39, 0.29) is 11.3 Å². The number of carbonyl (C=O) groups is 2. The Morgan fingerprint density at radius 2 is 1.89 bits per heavy atom. The first kappa shape index (κ1) is 22.7. The monoisotopic (exact) mass is 485 g/mol. The van der Waals surface area contributed by atoms with Crippen LogP contribution in [0, 0.1) is 13.8 Å². The molecule has 7 nitrogen and oxygen atoms in total. The zero-order valence-corrected chi connectivity index (χ0v) is 20.3. The van der Waals surface area contributed by atoms with Crippen LogP contribution in [0.15, 0.2) is 66.4 Å². The molecule has 0 spiro atoms. The highest BCUT2D eigenvalue weighted by molar-refractivity contribution is 7.22. The van der Waals surface area contributed by atoms with Gasteiger partial charge in [-0.15, -0.1) is 0 Å². The van der Waals surface area contributed by atoms with Crippen LogP contribution in [0.3, 0.4) is 0 Å². The Balaban J connectivity index is 1.68. The fourth-order valence-corrected chi connectivity index (χ4v) is 5.51. The number of ketones is 1. The third-order valence-electron chi connectivity index (χ3n) is 5.88. The summed E-state index contributed by atoms with van der Waals surface area (Å²) in [6, 6.07) is 15.1. The molecule has 35 heavy (non-hydrogen) atoms. The van der Waals surface area contributed by atoms with Crippen LogP contribution in [0.1, 0.15) is 35.3 Å². The second-order valence-corrected chi connectivity index (χ2v) is 9.32. The minimum absolute atomic E-state index is 0.0231. The van der Waals surface area contributed by atoms with E-state index in [0.717, 1.165) is 21.3 Å². The van der Waals surface area contributed by atoms with Crippen molar-refractivity contribution in [2.45, 2.75) is 26.8 Å². The Bertz CT molecular complexity index is 1480. The normalized spacial score (nSPS) is 17.3. The van der Waals surface area contributed by atoms with E-state index in [1.807, 2.05) is 32.9 Å². The van der Waals surface area contributed by atoms with Gasteiger partial charge in [-0.05, 0) is 74.4 Å². The number of carbonyl (C=O) groups excluding carboxylic acids is 2. The van der Waals surface area contributed by atoms with Gasteiger partial charge in [-0.1, -0.05) is 23.5 Å². The second kappa shape index (κ2) is 8.96. The maximum atomic E-state index is 13.4. The Morgan fingerprint density at radius 1 is 1.11 bits per heavy atom. The fraction of sp³-hybridized carbons (Fsp3) is 0.185. The molecule has 8 heteroatoms. The van der Waals surface area contributed by atoms with E-state index < -0.39 is 17.7 Å². The molecular formula is C27H23N3O4S. The predicted molar refractivity (Wildman–Crippen MR) is 136 cm³/mol. The van der Waals surface area contributed by atoms with Crippen molar-refractivity contribution in [3.05, 3.63) is 88.8 Å². The number of benzene rings is 2. The molecule has 5 rings (SSSR count). The summed E-state index contributed by atoms with van der Waals surface area (Å²) in [5.41, 5.74) is 3.70. The minimum Gasteiger partial charge on any atom is -0.507 e. The van der Waals surface area contributed by atoms with Crippen LogP contribution < -0.4 is 9.64 Å². The number of amides is 1. The molecular weight excluding hydrogens is 462 g/mol. The van der Waals surface area contributed by atoms with Gasteiger partial charge in [-0.2, -0.15) is 0 Å². The van der Waals surface area contributed by atoms with Crippen molar-refractivity contribution >= 4 is 44.1 Å². The highest BCUT2D eigenvalue weighted by Gasteiger charge is 2.48. The topological polar surface area (TPSA) is 92.6 Å². The molecule has 1 aliphatic heterocycles. The average molecular weight is 486 g/mol. The number of nitrogens with zero attached hydrogens (tertiary/aromatic N) is 3. The summed E-state index contributed by atoms with van der Waals surface area (Å²) in [6.07, 6.45) is 1.60. The van der Waals surface area contributed by atoms with Crippen molar-refractivity contribution < 1.29 is 19.4 Å². The summed E-state index contributed by atoms with van der Waals surface area (Å²) in [5.74, 6) is -1.15. The number of anilines is 1. The van der Waals surface area contributed by atoms with E-state index in [1.165, 1.54) is 16.2 Å². The maximum Gasteiger partial charge on any atom is 0.301 e. The molecule has 0 radical (unpaired) electrons. The largest absolute Gasteiger partial charge is 0.507 e. The molecule has 0 aliphatic carbocycles. The summed E-state index contributed by atoms with van der Waals surface area (Å²) in [6.45, 7) is 6.36. The number of aliphatic hydroxyl groups is 1. The van der Waals surface area contributed by atoms with Gasteiger partial charge in [0.25, 0.3) is 5.78 Å². The summed E-state index contributed by atoms with van der Waals surface area (Å²) in [7, 11) is 0. The number of ether oxygens (including phenoxy) is 1. The van der Waals surface area contributed by atoms with Crippen molar-refractivity contribution in [2.24, 2.45) is 0 Å². The van der Waals surface area contributed by atoms with Crippen molar-refractivity contribution in [1.29, 1.82) is 0 Å². The Kier molecular flexibility index (Phi) is 5.82. The lowest BCUT2D eigenvalue weighted by molar-refractivity contribution is -0.132. The number of Topliss-reactive ketones (excluding diaryl/α,β-unsaturated/α-hetero) is 1. The van der Waals surface area contributed by atoms with Crippen LogP contribution in [0.2, 0.25) is 0 Å². The number of thiazole rings is 1. The highest BCUT2D eigenvalue weighted by Crippen LogP contribution is 2.44. The average Bonchev–Trinajstić information content (AvgIpc) is 3.38. The van der Waals surface area contributed by atoms with Crippen molar-refractivity contribution in [3.8, 4) is 5.75 Å². The van der Waals surface area contributed by atoms with Crippen LogP contribution in [0.5, 0.6) is 5.75 Å². The van der Waals surface area contributed by atoms with E-state index in [1.54, 1.807) is 48.7 Å². The number of aryl methyl sites for hydroxylation is 2. The lowest BCUT2D eigenvalue weighted by Gasteiger charge is -2.22. The van der Waals surface area contributed by atoms with E-state index in [2.05, 4.69) is 4.98 Å². The Labute approximate surface area is 206 Å². The quantitative estimate of drug-likeness (QED) is 0.233. The molecule has 0 bridgehead atoms. The molecule has 176 valence electrons. The SMILES string of the molecule is CCOc1ccc(C(O)=C2C(=O)C(=O)N(c3nc4c(C)cc(C)cc4s3)[C@H]2c2ccccn2)cc1. The van der Waals surface area contributed by atoms with Gasteiger partial charge in [0.05, 0.1) is 28.1 Å². The molecule has 2 aromatic carbocycles. The van der Waals surface area contributed by atoms with E-state index in [9.17, 15) is 14.7 Å². The Morgan fingerprint density at radius 3 is 2.57 bits per heavy atom. The fourth-order valence-electron chi connectivity index (χ4n) is 4.34. The van der Waals surface area contributed by atoms with Gasteiger partial charge in [0.15, 0.2) is 5.13 Å². The molecule has 0 unspecified atom stereocenters. The number of fused-ring (bicyclic) bond motifs is 1. The zero-order valence-electron chi connectivity index (χ0n) is 19.5. The van der Waals surface area contributed by atoms with Crippen LogP contribution in [0.4, 0.5) is 5.13 Å². The standard InChI is InChI=1S/C27H23N3O4S/c1-4-34-18-10-8-17(9-11-18)24(31)21-23(19-7-5-6-12-28-19)30(26(33)25(21)32)27-29-22-16(3)13-15(2)14-20(22)35-27/h5-14,23,31H,4H2,1-3H3/t23-/m0/s1. The Hall–Kier alpha value is -4.04. The first-order valence-corrected chi connectivity index (χ1v) is 12.0. The predicted octanol–water partition coefficient (Wildman–Crippen LogP) is 5.33. The number of hydrogen-bond acceptors (Lipinski definition) is 7. The molecule has 0 saturated carbocycles. The minimum atomic E-state index is -0.912.